The summed E-state index contributed by atoms with van der Waals surface area (Å²) in [6, 6.07) is 0. The van der Waals surface area contributed by atoms with Crippen LogP contribution in [0.25, 0.3) is 0 Å². The molecule has 82 valence electrons. The fourth-order valence-electron chi connectivity index (χ4n) is 1.03. The summed E-state index contributed by atoms with van der Waals surface area (Å²) < 4.78 is 0. The Balaban J connectivity index is 2.79. The Morgan fingerprint density at radius 3 is 2.87 bits per heavy atom. The minimum absolute atomic E-state index is 0.189. The highest BCUT2D eigenvalue weighted by Crippen LogP contribution is 2.23. The lowest BCUT2D eigenvalue weighted by Crippen LogP contribution is -2.43. The fraction of sp³-hybridized carbons (Fsp3) is 0.444. The lowest BCUT2D eigenvalue weighted by Gasteiger charge is -2.24. The van der Waals surface area contributed by atoms with Crippen LogP contribution in [0.15, 0.2) is 12.4 Å². The molecule has 0 fully saturated rings. The number of H-pyrrole nitrogens is 1. The maximum absolute atomic E-state index is 11.9. The molecule has 0 radical (unpaired) electrons. The van der Waals surface area contributed by atoms with Crippen molar-refractivity contribution in [2.75, 3.05) is 5.32 Å². The lowest BCUT2D eigenvalue weighted by molar-refractivity contribution is -0.121. The summed E-state index contributed by atoms with van der Waals surface area (Å²) >= 11 is 4.89. The molecule has 1 amide bonds. The van der Waals surface area contributed by atoms with Crippen molar-refractivity contribution in [3.05, 3.63) is 12.4 Å². The number of anilines is 1. The van der Waals surface area contributed by atoms with Gasteiger partial charge in [-0.3, -0.25) is 10.1 Å². The van der Waals surface area contributed by atoms with Gasteiger partial charge in [-0.1, -0.05) is 19.1 Å². The first-order valence-corrected chi connectivity index (χ1v) is 5.02. The zero-order chi connectivity index (χ0) is 11.5. The number of hydrogen-bond donors (Lipinski definition) is 3. The third-order valence-corrected chi connectivity index (χ3v) is 2.93. The van der Waals surface area contributed by atoms with Crippen molar-refractivity contribution in [1.82, 2.24) is 9.97 Å². The molecule has 0 aromatic carbocycles. The summed E-state index contributed by atoms with van der Waals surface area (Å²) in [5.41, 5.74) is 4.72. The Morgan fingerprint density at radius 2 is 2.47 bits per heavy atom. The molecule has 0 bridgehead atoms. The van der Waals surface area contributed by atoms with Gasteiger partial charge in [0.05, 0.1) is 10.4 Å². The van der Waals surface area contributed by atoms with E-state index < -0.39 is 5.41 Å². The van der Waals surface area contributed by atoms with Gasteiger partial charge in [0.25, 0.3) is 0 Å². The van der Waals surface area contributed by atoms with Gasteiger partial charge in [0.1, 0.15) is 0 Å². The van der Waals surface area contributed by atoms with Crippen molar-refractivity contribution in [3.63, 3.8) is 0 Å². The van der Waals surface area contributed by atoms with Gasteiger partial charge in [-0.05, 0) is 13.3 Å². The predicted molar refractivity (Wildman–Crippen MR) is 62.4 cm³/mol. The predicted octanol–water partition coefficient (Wildman–Crippen LogP) is 1.05. The van der Waals surface area contributed by atoms with Gasteiger partial charge < -0.3 is 10.7 Å². The van der Waals surface area contributed by atoms with Crippen molar-refractivity contribution < 1.29 is 4.79 Å². The first-order chi connectivity index (χ1) is 7.00. The van der Waals surface area contributed by atoms with Crippen LogP contribution in [0.1, 0.15) is 20.3 Å². The Hall–Kier alpha value is -1.43. The quantitative estimate of drug-likeness (QED) is 0.670. The molecule has 0 aliphatic carbocycles. The van der Waals surface area contributed by atoms with Gasteiger partial charge in [-0.15, -0.1) is 0 Å². The number of imidazole rings is 1. The summed E-state index contributed by atoms with van der Waals surface area (Å²) in [5.74, 6) is 0.156. The SMILES string of the molecule is CCC(C)(C(=O)Nc1ncc[nH]1)C(N)=S. The van der Waals surface area contributed by atoms with E-state index >= 15 is 0 Å². The summed E-state index contributed by atoms with van der Waals surface area (Å²) in [4.78, 5) is 18.7. The van der Waals surface area contributed by atoms with E-state index in [9.17, 15) is 4.79 Å². The number of carbonyl (C=O) groups excluding carboxylic acids is 1. The van der Waals surface area contributed by atoms with E-state index in [1.807, 2.05) is 6.92 Å². The molecule has 1 rings (SSSR count). The first kappa shape index (κ1) is 11.6. The molecule has 1 heterocycles. The van der Waals surface area contributed by atoms with Gasteiger partial charge in [-0.2, -0.15) is 0 Å². The minimum atomic E-state index is -0.831. The first-order valence-electron chi connectivity index (χ1n) is 4.61. The van der Waals surface area contributed by atoms with Crippen molar-refractivity contribution in [2.24, 2.45) is 11.1 Å². The number of aromatic amines is 1. The van der Waals surface area contributed by atoms with E-state index in [1.54, 1.807) is 19.3 Å². The zero-order valence-electron chi connectivity index (χ0n) is 8.70. The van der Waals surface area contributed by atoms with Crippen LogP contribution in [0.5, 0.6) is 0 Å². The smallest absolute Gasteiger partial charge is 0.239 e. The summed E-state index contributed by atoms with van der Waals surface area (Å²) in [5, 5.41) is 2.62. The van der Waals surface area contributed by atoms with Crippen LogP contribution >= 0.6 is 12.2 Å². The molecule has 15 heavy (non-hydrogen) atoms. The second-order valence-corrected chi connectivity index (χ2v) is 3.88. The molecule has 1 aromatic heterocycles. The fourth-order valence-corrected chi connectivity index (χ4v) is 1.26. The standard InChI is InChI=1S/C9H14N4OS/c1-3-9(2,6(10)15)7(14)13-8-11-4-5-12-8/h4-5H,3H2,1-2H3,(H2,10,15)(H2,11,12,13,14). The highest BCUT2D eigenvalue weighted by molar-refractivity contribution is 7.80. The van der Waals surface area contributed by atoms with E-state index in [-0.39, 0.29) is 10.9 Å². The van der Waals surface area contributed by atoms with Gasteiger partial charge in [0.2, 0.25) is 11.9 Å². The number of nitrogens with two attached hydrogens (primary N) is 1. The molecule has 1 unspecified atom stereocenters. The number of rotatable bonds is 4. The maximum Gasteiger partial charge on any atom is 0.239 e. The molecule has 0 saturated heterocycles. The van der Waals surface area contributed by atoms with Gasteiger partial charge in [0.15, 0.2) is 0 Å². The minimum Gasteiger partial charge on any atom is -0.392 e. The van der Waals surface area contributed by atoms with Crippen LogP contribution < -0.4 is 11.1 Å². The van der Waals surface area contributed by atoms with Gasteiger partial charge in [-0.25, -0.2) is 4.98 Å². The van der Waals surface area contributed by atoms with Crippen LogP contribution in [0.3, 0.4) is 0 Å². The molecule has 4 N–H and O–H groups in total. The average molecular weight is 226 g/mol. The molecular formula is C9H14N4OS. The van der Waals surface area contributed by atoms with E-state index in [2.05, 4.69) is 15.3 Å². The number of nitrogens with one attached hydrogen (secondary N) is 2. The number of aromatic nitrogens is 2. The van der Waals surface area contributed by atoms with E-state index in [0.29, 0.717) is 12.4 Å². The van der Waals surface area contributed by atoms with Gasteiger partial charge in [0, 0.05) is 12.4 Å². The topological polar surface area (TPSA) is 83.8 Å². The molecule has 0 saturated carbocycles. The second-order valence-electron chi connectivity index (χ2n) is 3.44. The van der Waals surface area contributed by atoms with Crippen molar-refractivity contribution >= 4 is 29.1 Å². The largest absolute Gasteiger partial charge is 0.392 e. The number of thiocarbonyl (C=S) groups is 1. The van der Waals surface area contributed by atoms with E-state index in [0.717, 1.165) is 0 Å². The number of nitrogens with zero attached hydrogens (tertiary/aromatic N) is 1. The van der Waals surface area contributed by atoms with Gasteiger partial charge >= 0.3 is 0 Å². The monoisotopic (exact) mass is 226 g/mol. The molecule has 0 aliphatic heterocycles. The molecule has 1 aromatic rings. The summed E-state index contributed by atoms with van der Waals surface area (Å²) in [6.45, 7) is 3.58. The third-order valence-electron chi connectivity index (χ3n) is 2.48. The highest BCUT2D eigenvalue weighted by Gasteiger charge is 2.34. The Morgan fingerprint density at radius 1 is 1.80 bits per heavy atom. The third kappa shape index (κ3) is 2.33. The molecule has 5 nitrogen and oxygen atoms in total. The second kappa shape index (κ2) is 4.39. The molecular weight excluding hydrogens is 212 g/mol. The number of hydrogen-bond acceptors (Lipinski definition) is 3. The summed E-state index contributed by atoms with van der Waals surface area (Å²) in [6.07, 6.45) is 3.73. The van der Waals surface area contributed by atoms with Crippen molar-refractivity contribution in [3.8, 4) is 0 Å². The average Bonchev–Trinajstić information content (AvgIpc) is 2.68. The molecule has 6 heteroatoms. The van der Waals surface area contributed by atoms with E-state index in [4.69, 9.17) is 18.0 Å². The Labute approximate surface area is 93.5 Å². The highest BCUT2D eigenvalue weighted by atomic mass is 32.1. The van der Waals surface area contributed by atoms with Crippen molar-refractivity contribution in [1.29, 1.82) is 0 Å². The van der Waals surface area contributed by atoms with Crippen LogP contribution in [-0.4, -0.2) is 20.9 Å². The van der Waals surface area contributed by atoms with Crippen LogP contribution in [0.4, 0.5) is 5.95 Å². The zero-order valence-corrected chi connectivity index (χ0v) is 9.52. The van der Waals surface area contributed by atoms with Crippen LogP contribution in [0, 0.1) is 5.41 Å². The summed E-state index contributed by atoms with van der Waals surface area (Å²) in [7, 11) is 0. The van der Waals surface area contributed by atoms with Crippen LogP contribution in [0.2, 0.25) is 0 Å². The molecule has 0 aliphatic rings. The van der Waals surface area contributed by atoms with Crippen LogP contribution in [-0.2, 0) is 4.79 Å². The van der Waals surface area contributed by atoms with Crippen molar-refractivity contribution in [2.45, 2.75) is 20.3 Å². The Bertz CT molecular complexity index is 362. The Kier molecular flexibility index (Phi) is 3.41. The normalized spacial score (nSPS) is 14.3. The molecule has 1 atom stereocenters. The maximum atomic E-state index is 11.9. The number of carbonyl (C=O) groups is 1. The molecule has 0 spiro atoms. The lowest BCUT2D eigenvalue weighted by atomic mass is 9.86. The number of amides is 1. The van der Waals surface area contributed by atoms with E-state index in [1.165, 1.54) is 0 Å².